The zero-order valence-corrected chi connectivity index (χ0v) is 9.10. The molecule has 1 aromatic heterocycles. The number of ether oxygens (including phenoxy) is 1. The smallest absolute Gasteiger partial charge is 0.188 e. The molecule has 0 aromatic carbocycles. The summed E-state index contributed by atoms with van der Waals surface area (Å²) in [6, 6.07) is 0.488. The Labute approximate surface area is 88.8 Å². The lowest BCUT2D eigenvalue weighted by molar-refractivity contribution is -0.0423. The maximum atomic E-state index is 5.66. The first-order chi connectivity index (χ1) is 7.24. The number of H-pyrrole nitrogens is 1. The van der Waals surface area contributed by atoms with E-state index in [2.05, 4.69) is 39.8 Å². The summed E-state index contributed by atoms with van der Waals surface area (Å²) in [5.74, 6) is 0.710. The van der Waals surface area contributed by atoms with Crippen LogP contribution >= 0.6 is 0 Å². The molecular weight excluding hydrogens is 194 g/mol. The third-order valence-electron chi connectivity index (χ3n) is 2.64. The van der Waals surface area contributed by atoms with Crippen LogP contribution in [0.3, 0.4) is 0 Å². The Morgan fingerprint density at radius 2 is 2.13 bits per heavy atom. The highest BCUT2D eigenvalue weighted by Gasteiger charge is 2.23. The lowest BCUT2D eigenvalue weighted by Crippen LogP contribution is -2.41. The van der Waals surface area contributed by atoms with Gasteiger partial charge in [0.05, 0.1) is 18.8 Å². The van der Waals surface area contributed by atoms with E-state index in [4.69, 9.17) is 4.74 Å². The van der Waals surface area contributed by atoms with Crippen LogP contribution in [0.5, 0.6) is 0 Å². The molecule has 2 unspecified atom stereocenters. The van der Waals surface area contributed by atoms with Crippen LogP contribution in [0.2, 0.25) is 0 Å². The molecule has 2 N–H and O–H groups in total. The van der Waals surface area contributed by atoms with E-state index in [0.717, 1.165) is 12.8 Å². The van der Waals surface area contributed by atoms with Gasteiger partial charge in [-0.15, -0.1) is 10.2 Å². The van der Waals surface area contributed by atoms with Gasteiger partial charge in [0, 0.05) is 6.04 Å². The molecule has 1 fully saturated rings. The minimum absolute atomic E-state index is 0.330. The van der Waals surface area contributed by atoms with Gasteiger partial charge < -0.3 is 10.1 Å². The van der Waals surface area contributed by atoms with Crippen LogP contribution in [-0.4, -0.2) is 38.9 Å². The zero-order valence-electron chi connectivity index (χ0n) is 9.10. The molecule has 0 amide bonds. The highest BCUT2D eigenvalue weighted by Crippen LogP contribution is 2.18. The second-order valence-corrected chi connectivity index (χ2v) is 4.13. The Balaban J connectivity index is 1.79. The first kappa shape index (κ1) is 10.5. The van der Waals surface area contributed by atoms with Gasteiger partial charge in [0.1, 0.15) is 0 Å². The molecule has 6 nitrogen and oxygen atoms in total. The summed E-state index contributed by atoms with van der Waals surface area (Å²) in [6.45, 7) is 4.89. The SMILES string of the molecule is CC1CC(NCc2nn[nH]n2)CC(C)O1. The molecule has 0 saturated carbocycles. The topological polar surface area (TPSA) is 75.7 Å². The summed E-state index contributed by atoms with van der Waals surface area (Å²) in [5, 5.41) is 17.2. The Kier molecular flexibility index (Phi) is 3.27. The summed E-state index contributed by atoms with van der Waals surface area (Å²) >= 11 is 0. The van der Waals surface area contributed by atoms with Crippen molar-refractivity contribution in [3.63, 3.8) is 0 Å². The first-order valence-corrected chi connectivity index (χ1v) is 5.35. The number of hydrogen-bond donors (Lipinski definition) is 2. The van der Waals surface area contributed by atoms with E-state index in [0.29, 0.717) is 30.6 Å². The van der Waals surface area contributed by atoms with Gasteiger partial charge in [-0.05, 0) is 26.7 Å². The van der Waals surface area contributed by atoms with Crippen LogP contribution < -0.4 is 5.32 Å². The second-order valence-electron chi connectivity index (χ2n) is 4.13. The van der Waals surface area contributed by atoms with Crippen molar-refractivity contribution in [2.75, 3.05) is 0 Å². The normalized spacial score (nSPS) is 31.7. The average Bonchev–Trinajstić information content (AvgIpc) is 2.65. The molecule has 2 atom stereocenters. The van der Waals surface area contributed by atoms with Crippen LogP contribution in [0.1, 0.15) is 32.5 Å². The molecule has 1 aromatic rings. The predicted molar refractivity (Wildman–Crippen MR) is 54.0 cm³/mol. The van der Waals surface area contributed by atoms with Crippen molar-refractivity contribution in [2.45, 2.75) is 51.5 Å². The number of rotatable bonds is 3. The number of aromatic amines is 1. The van der Waals surface area contributed by atoms with Crippen molar-refractivity contribution in [3.05, 3.63) is 5.82 Å². The molecule has 0 spiro atoms. The van der Waals surface area contributed by atoms with E-state index in [9.17, 15) is 0 Å². The number of nitrogens with one attached hydrogen (secondary N) is 2. The monoisotopic (exact) mass is 211 g/mol. The quantitative estimate of drug-likeness (QED) is 0.749. The summed E-state index contributed by atoms with van der Waals surface area (Å²) in [4.78, 5) is 0. The van der Waals surface area contributed by atoms with E-state index in [1.165, 1.54) is 0 Å². The highest BCUT2D eigenvalue weighted by atomic mass is 16.5. The van der Waals surface area contributed by atoms with Crippen LogP contribution in [0, 0.1) is 0 Å². The summed E-state index contributed by atoms with van der Waals surface area (Å²) in [7, 11) is 0. The molecular formula is C9H17N5O. The largest absolute Gasteiger partial charge is 0.375 e. The molecule has 0 bridgehead atoms. The van der Waals surface area contributed by atoms with Gasteiger partial charge in [0.2, 0.25) is 0 Å². The van der Waals surface area contributed by atoms with E-state index >= 15 is 0 Å². The number of aromatic nitrogens is 4. The molecule has 2 heterocycles. The molecule has 84 valence electrons. The second kappa shape index (κ2) is 4.67. The number of hydrogen-bond acceptors (Lipinski definition) is 5. The van der Waals surface area contributed by atoms with Gasteiger partial charge in [-0.25, -0.2) is 0 Å². The van der Waals surface area contributed by atoms with Gasteiger partial charge in [0.25, 0.3) is 0 Å². The van der Waals surface area contributed by atoms with Crippen LogP contribution in [-0.2, 0) is 11.3 Å². The van der Waals surface area contributed by atoms with Crippen molar-refractivity contribution in [1.82, 2.24) is 25.9 Å². The number of tetrazole rings is 1. The fourth-order valence-corrected chi connectivity index (χ4v) is 2.06. The molecule has 1 aliphatic rings. The Hall–Kier alpha value is -1.01. The fourth-order valence-electron chi connectivity index (χ4n) is 2.06. The van der Waals surface area contributed by atoms with Crippen molar-refractivity contribution in [3.8, 4) is 0 Å². The van der Waals surface area contributed by atoms with E-state index < -0.39 is 0 Å². The minimum atomic E-state index is 0.330. The summed E-state index contributed by atoms with van der Waals surface area (Å²) in [6.07, 6.45) is 2.75. The van der Waals surface area contributed by atoms with Crippen molar-refractivity contribution < 1.29 is 4.74 Å². The molecule has 6 heteroatoms. The van der Waals surface area contributed by atoms with Gasteiger partial charge in [-0.1, -0.05) is 5.21 Å². The molecule has 1 aliphatic heterocycles. The lowest BCUT2D eigenvalue weighted by atomic mass is 10.00. The molecule has 0 radical (unpaired) electrons. The summed E-state index contributed by atoms with van der Waals surface area (Å²) < 4.78 is 5.66. The first-order valence-electron chi connectivity index (χ1n) is 5.35. The Morgan fingerprint density at radius 3 is 2.73 bits per heavy atom. The molecule has 2 rings (SSSR count). The average molecular weight is 211 g/mol. The highest BCUT2D eigenvalue weighted by molar-refractivity contribution is 4.82. The lowest BCUT2D eigenvalue weighted by Gasteiger charge is -2.32. The standard InChI is InChI=1S/C9H17N5O/c1-6-3-8(4-7(2)15-6)10-5-9-11-13-14-12-9/h6-8,10H,3-5H2,1-2H3,(H,11,12,13,14). The van der Waals surface area contributed by atoms with Crippen LogP contribution in [0.4, 0.5) is 0 Å². The third kappa shape index (κ3) is 2.97. The minimum Gasteiger partial charge on any atom is -0.375 e. The van der Waals surface area contributed by atoms with Crippen LogP contribution in [0.25, 0.3) is 0 Å². The van der Waals surface area contributed by atoms with Crippen molar-refractivity contribution in [1.29, 1.82) is 0 Å². The fraction of sp³-hybridized carbons (Fsp3) is 0.889. The van der Waals surface area contributed by atoms with Gasteiger partial charge in [-0.2, -0.15) is 5.21 Å². The molecule has 1 saturated heterocycles. The summed E-state index contributed by atoms with van der Waals surface area (Å²) in [5.41, 5.74) is 0. The van der Waals surface area contributed by atoms with Gasteiger partial charge in [0.15, 0.2) is 5.82 Å². The van der Waals surface area contributed by atoms with E-state index in [1.807, 2.05) is 0 Å². The maximum absolute atomic E-state index is 5.66. The Morgan fingerprint density at radius 1 is 1.40 bits per heavy atom. The number of nitrogens with zero attached hydrogens (tertiary/aromatic N) is 3. The van der Waals surface area contributed by atoms with Crippen LogP contribution in [0.15, 0.2) is 0 Å². The van der Waals surface area contributed by atoms with Crippen molar-refractivity contribution >= 4 is 0 Å². The molecule has 0 aliphatic carbocycles. The zero-order chi connectivity index (χ0) is 10.7. The van der Waals surface area contributed by atoms with Crippen molar-refractivity contribution in [2.24, 2.45) is 0 Å². The predicted octanol–water partition coefficient (Wildman–Crippen LogP) is 0.245. The third-order valence-corrected chi connectivity index (χ3v) is 2.64. The van der Waals surface area contributed by atoms with Gasteiger partial charge >= 0.3 is 0 Å². The Bertz CT molecular complexity index is 279. The maximum Gasteiger partial charge on any atom is 0.188 e. The van der Waals surface area contributed by atoms with Gasteiger partial charge in [-0.3, -0.25) is 0 Å². The van der Waals surface area contributed by atoms with E-state index in [-0.39, 0.29) is 0 Å². The van der Waals surface area contributed by atoms with E-state index in [1.54, 1.807) is 0 Å². The molecule has 15 heavy (non-hydrogen) atoms.